The number of hydrazone groups is 1. The second kappa shape index (κ2) is 7.44. The molecular weight excluding hydrogens is 374 g/mol. The number of anilines is 2. The number of amides is 2. The number of benzene rings is 3. The second-order valence-corrected chi connectivity index (χ2v) is 7.25. The van der Waals surface area contributed by atoms with Crippen molar-refractivity contribution in [3.8, 4) is 0 Å². The van der Waals surface area contributed by atoms with E-state index in [4.69, 9.17) is 5.10 Å². The molecule has 146 valence electrons. The van der Waals surface area contributed by atoms with E-state index in [9.17, 15) is 9.59 Å². The molecule has 0 spiro atoms. The predicted molar refractivity (Wildman–Crippen MR) is 117 cm³/mol. The van der Waals surface area contributed by atoms with Crippen LogP contribution in [0.15, 0.2) is 102 Å². The zero-order chi connectivity index (χ0) is 20.5. The molecule has 0 saturated carbocycles. The van der Waals surface area contributed by atoms with Gasteiger partial charge in [-0.25, -0.2) is 4.90 Å². The summed E-state index contributed by atoms with van der Waals surface area (Å²) in [5.74, 6) is -0.629. The minimum atomic E-state index is -0.314. The van der Waals surface area contributed by atoms with Crippen molar-refractivity contribution in [1.82, 2.24) is 0 Å². The van der Waals surface area contributed by atoms with Crippen molar-refractivity contribution in [2.24, 2.45) is 5.10 Å². The maximum atomic E-state index is 11.9. The van der Waals surface area contributed by atoms with E-state index in [0.29, 0.717) is 5.69 Å². The summed E-state index contributed by atoms with van der Waals surface area (Å²) in [7, 11) is 0. The number of nitrogens with zero attached hydrogens (tertiary/aromatic N) is 3. The molecule has 0 aromatic heterocycles. The second-order valence-electron chi connectivity index (χ2n) is 7.25. The molecule has 0 bridgehead atoms. The van der Waals surface area contributed by atoms with Crippen molar-refractivity contribution >= 4 is 28.9 Å². The summed E-state index contributed by atoms with van der Waals surface area (Å²) < 4.78 is 0. The van der Waals surface area contributed by atoms with Gasteiger partial charge in [-0.05, 0) is 35.4 Å². The minimum absolute atomic E-state index is 0.106. The van der Waals surface area contributed by atoms with Crippen LogP contribution < -0.4 is 9.91 Å². The summed E-state index contributed by atoms with van der Waals surface area (Å²) in [5.41, 5.74) is 4.76. The molecule has 0 saturated heterocycles. The molecule has 3 aromatic carbocycles. The van der Waals surface area contributed by atoms with Gasteiger partial charge in [0.2, 0.25) is 0 Å². The molecule has 1 unspecified atom stereocenters. The van der Waals surface area contributed by atoms with Crippen LogP contribution in [0.5, 0.6) is 0 Å². The van der Waals surface area contributed by atoms with Crippen molar-refractivity contribution in [3.63, 3.8) is 0 Å². The fourth-order valence-corrected chi connectivity index (χ4v) is 3.90. The highest BCUT2D eigenvalue weighted by atomic mass is 16.2. The summed E-state index contributed by atoms with van der Waals surface area (Å²) in [6.07, 6.45) is 3.35. The van der Waals surface area contributed by atoms with Gasteiger partial charge in [0.15, 0.2) is 0 Å². The van der Waals surface area contributed by atoms with Crippen LogP contribution in [0.25, 0.3) is 0 Å². The van der Waals surface area contributed by atoms with Crippen LogP contribution in [0.2, 0.25) is 0 Å². The normalized spacial score (nSPS) is 18.3. The first kappa shape index (κ1) is 18.1. The lowest BCUT2D eigenvalue weighted by Gasteiger charge is -2.23. The number of carbonyl (C=O) groups excluding carboxylic acids is 2. The largest absolute Gasteiger partial charge is 0.269 e. The number of carbonyl (C=O) groups is 2. The average Bonchev–Trinajstić information content (AvgIpc) is 3.39. The summed E-state index contributed by atoms with van der Waals surface area (Å²) >= 11 is 0. The summed E-state index contributed by atoms with van der Waals surface area (Å²) in [6, 6.07) is 28.0. The molecule has 3 aromatic rings. The number of hydrogen-bond acceptors (Lipinski definition) is 4. The van der Waals surface area contributed by atoms with Gasteiger partial charge in [-0.3, -0.25) is 14.6 Å². The van der Waals surface area contributed by atoms with E-state index in [0.717, 1.165) is 23.4 Å². The molecule has 2 aliphatic heterocycles. The molecule has 0 fully saturated rings. The zero-order valence-electron chi connectivity index (χ0n) is 16.2. The van der Waals surface area contributed by atoms with Gasteiger partial charge in [-0.15, -0.1) is 0 Å². The van der Waals surface area contributed by atoms with Crippen LogP contribution in [0.4, 0.5) is 11.4 Å². The van der Waals surface area contributed by atoms with E-state index in [1.165, 1.54) is 22.6 Å². The first-order valence-corrected chi connectivity index (χ1v) is 9.84. The van der Waals surface area contributed by atoms with E-state index in [1.807, 2.05) is 48.5 Å². The van der Waals surface area contributed by atoms with Gasteiger partial charge in [-0.2, -0.15) is 5.10 Å². The zero-order valence-corrected chi connectivity index (χ0v) is 16.2. The standard InChI is InChI=1S/C25H19N3O2/c29-24-15-16-25(30)27(24)20-13-11-18(12-14-20)22-17-23(19-7-3-1-4-8-19)28(26-22)21-9-5-2-6-10-21/h1-16,23H,17H2. The quantitative estimate of drug-likeness (QED) is 0.615. The lowest BCUT2D eigenvalue weighted by atomic mass is 9.98. The Morgan fingerprint density at radius 3 is 1.93 bits per heavy atom. The Bertz CT molecular complexity index is 1130. The van der Waals surface area contributed by atoms with Gasteiger partial charge < -0.3 is 0 Å². The number of imide groups is 1. The number of para-hydroxylation sites is 1. The Kier molecular flexibility index (Phi) is 4.48. The molecule has 5 nitrogen and oxygen atoms in total. The Labute approximate surface area is 174 Å². The third kappa shape index (κ3) is 3.20. The van der Waals surface area contributed by atoms with Gasteiger partial charge in [0.05, 0.1) is 23.1 Å². The fourth-order valence-electron chi connectivity index (χ4n) is 3.90. The summed E-state index contributed by atoms with van der Waals surface area (Å²) in [4.78, 5) is 25.0. The third-order valence-corrected chi connectivity index (χ3v) is 5.38. The highest BCUT2D eigenvalue weighted by Crippen LogP contribution is 2.36. The van der Waals surface area contributed by atoms with Gasteiger partial charge in [0, 0.05) is 18.6 Å². The maximum Gasteiger partial charge on any atom is 0.258 e. The Morgan fingerprint density at radius 1 is 0.700 bits per heavy atom. The number of hydrogen-bond donors (Lipinski definition) is 0. The van der Waals surface area contributed by atoms with Crippen molar-refractivity contribution in [1.29, 1.82) is 0 Å². The van der Waals surface area contributed by atoms with Gasteiger partial charge in [0.25, 0.3) is 11.8 Å². The van der Waals surface area contributed by atoms with Crippen LogP contribution in [-0.2, 0) is 9.59 Å². The van der Waals surface area contributed by atoms with Crippen LogP contribution in [0, 0.1) is 0 Å². The van der Waals surface area contributed by atoms with E-state index in [-0.39, 0.29) is 17.9 Å². The number of rotatable bonds is 4. The molecular formula is C25H19N3O2. The fraction of sp³-hybridized carbons (Fsp3) is 0.0800. The van der Waals surface area contributed by atoms with Crippen molar-refractivity contribution in [2.45, 2.75) is 12.5 Å². The molecule has 1 atom stereocenters. The Hall–Kier alpha value is -3.99. The molecule has 0 N–H and O–H groups in total. The Morgan fingerprint density at radius 2 is 1.30 bits per heavy atom. The van der Waals surface area contributed by atoms with Crippen LogP contribution in [-0.4, -0.2) is 17.5 Å². The summed E-state index contributed by atoms with van der Waals surface area (Å²) in [5, 5.41) is 7.00. The maximum absolute atomic E-state index is 11.9. The lowest BCUT2D eigenvalue weighted by molar-refractivity contribution is -0.119. The molecule has 0 radical (unpaired) electrons. The minimum Gasteiger partial charge on any atom is -0.269 e. The molecule has 5 heteroatoms. The monoisotopic (exact) mass is 393 g/mol. The van der Waals surface area contributed by atoms with E-state index in [2.05, 4.69) is 29.3 Å². The third-order valence-electron chi connectivity index (χ3n) is 5.38. The van der Waals surface area contributed by atoms with Crippen molar-refractivity contribution < 1.29 is 9.59 Å². The van der Waals surface area contributed by atoms with Gasteiger partial charge in [0.1, 0.15) is 0 Å². The van der Waals surface area contributed by atoms with Crippen molar-refractivity contribution in [3.05, 3.63) is 108 Å². The molecule has 2 aliphatic rings. The van der Waals surface area contributed by atoms with Crippen LogP contribution in [0.1, 0.15) is 23.6 Å². The lowest BCUT2D eigenvalue weighted by Crippen LogP contribution is -2.29. The molecule has 30 heavy (non-hydrogen) atoms. The van der Waals surface area contributed by atoms with E-state index in [1.54, 1.807) is 12.1 Å². The van der Waals surface area contributed by atoms with Crippen LogP contribution in [0.3, 0.4) is 0 Å². The van der Waals surface area contributed by atoms with E-state index < -0.39 is 0 Å². The Balaban J connectivity index is 1.47. The predicted octanol–water partition coefficient (Wildman–Crippen LogP) is 4.47. The average molecular weight is 393 g/mol. The first-order valence-electron chi connectivity index (χ1n) is 9.84. The molecule has 0 aliphatic carbocycles. The van der Waals surface area contributed by atoms with Crippen molar-refractivity contribution in [2.75, 3.05) is 9.91 Å². The molecule has 2 amide bonds. The smallest absolute Gasteiger partial charge is 0.258 e. The molecule has 5 rings (SSSR count). The van der Waals surface area contributed by atoms with Gasteiger partial charge >= 0.3 is 0 Å². The summed E-state index contributed by atoms with van der Waals surface area (Å²) in [6.45, 7) is 0. The van der Waals surface area contributed by atoms with Gasteiger partial charge in [-0.1, -0.05) is 60.7 Å². The SMILES string of the molecule is O=C1C=CC(=O)N1c1ccc(C2=NN(c3ccccc3)C(c3ccccc3)C2)cc1. The molecule has 2 heterocycles. The first-order chi connectivity index (χ1) is 14.7. The van der Waals surface area contributed by atoms with E-state index >= 15 is 0 Å². The topological polar surface area (TPSA) is 53.0 Å². The van der Waals surface area contributed by atoms with Crippen LogP contribution >= 0.6 is 0 Å². The highest BCUT2D eigenvalue weighted by molar-refractivity contribution is 6.28. The highest BCUT2D eigenvalue weighted by Gasteiger charge is 2.30.